The molecule has 0 aliphatic heterocycles. The summed E-state index contributed by atoms with van der Waals surface area (Å²) in [6, 6.07) is 8.40. The predicted molar refractivity (Wildman–Crippen MR) is 47.1 cm³/mol. The van der Waals surface area contributed by atoms with E-state index in [1.165, 1.54) is 16.0 Å². The number of benzene rings is 1. The van der Waals surface area contributed by atoms with Gasteiger partial charge in [-0.25, -0.2) is 0 Å². The van der Waals surface area contributed by atoms with Gasteiger partial charge in [-0.1, -0.05) is 24.3 Å². The molecule has 0 unspecified atom stereocenters. The SMILES string of the molecule is SC1=Cc2ccccc2C1. The van der Waals surface area contributed by atoms with Crippen molar-refractivity contribution in [1.82, 2.24) is 0 Å². The number of hydrogen-bond acceptors (Lipinski definition) is 1. The Balaban J connectivity index is 2.54. The second kappa shape index (κ2) is 2.17. The summed E-state index contributed by atoms with van der Waals surface area (Å²) in [6.07, 6.45) is 3.14. The van der Waals surface area contributed by atoms with E-state index in [0.29, 0.717) is 0 Å². The molecule has 0 aromatic heterocycles. The summed E-state index contributed by atoms with van der Waals surface area (Å²) in [5.41, 5.74) is 2.72. The average Bonchev–Trinajstić information content (AvgIpc) is 2.27. The normalized spacial score (nSPS) is 14.7. The Morgan fingerprint density at radius 1 is 1.20 bits per heavy atom. The molecule has 10 heavy (non-hydrogen) atoms. The third kappa shape index (κ3) is 0.868. The van der Waals surface area contributed by atoms with Crippen molar-refractivity contribution in [3.8, 4) is 0 Å². The van der Waals surface area contributed by atoms with Crippen LogP contribution in [0.1, 0.15) is 11.1 Å². The van der Waals surface area contributed by atoms with Crippen LogP contribution in [0.2, 0.25) is 0 Å². The molecule has 0 amide bonds. The Morgan fingerprint density at radius 2 is 2.00 bits per heavy atom. The monoisotopic (exact) mass is 148 g/mol. The fourth-order valence-corrected chi connectivity index (χ4v) is 1.57. The van der Waals surface area contributed by atoms with Gasteiger partial charge >= 0.3 is 0 Å². The standard InChI is InChI=1S/C9H8S/c10-9-5-7-3-1-2-4-8(7)6-9/h1-5,10H,6H2. The summed E-state index contributed by atoms with van der Waals surface area (Å²) >= 11 is 4.30. The van der Waals surface area contributed by atoms with Crippen LogP contribution in [-0.4, -0.2) is 0 Å². The van der Waals surface area contributed by atoms with Crippen LogP contribution in [0, 0.1) is 0 Å². The molecule has 0 fully saturated rings. The van der Waals surface area contributed by atoms with Crippen LogP contribution in [0.3, 0.4) is 0 Å². The summed E-state index contributed by atoms with van der Waals surface area (Å²) in [4.78, 5) is 1.17. The van der Waals surface area contributed by atoms with E-state index in [9.17, 15) is 0 Å². The molecule has 1 aromatic rings. The van der Waals surface area contributed by atoms with Gasteiger partial charge in [0, 0.05) is 6.42 Å². The Kier molecular flexibility index (Phi) is 1.31. The maximum atomic E-state index is 4.30. The van der Waals surface area contributed by atoms with E-state index in [1.54, 1.807) is 0 Å². The maximum Gasteiger partial charge on any atom is 0.00380 e. The first kappa shape index (κ1) is 6.05. The highest BCUT2D eigenvalue weighted by Gasteiger charge is 2.07. The molecule has 50 valence electrons. The van der Waals surface area contributed by atoms with Crippen molar-refractivity contribution in [2.45, 2.75) is 6.42 Å². The summed E-state index contributed by atoms with van der Waals surface area (Å²) in [6.45, 7) is 0. The summed E-state index contributed by atoms with van der Waals surface area (Å²) in [7, 11) is 0. The lowest BCUT2D eigenvalue weighted by atomic mass is 10.1. The van der Waals surface area contributed by atoms with Gasteiger partial charge in [0.15, 0.2) is 0 Å². The Morgan fingerprint density at radius 3 is 2.80 bits per heavy atom. The Labute approximate surface area is 66.0 Å². The largest absolute Gasteiger partial charge is 0.148 e. The smallest absolute Gasteiger partial charge is 0.00380 e. The van der Waals surface area contributed by atoms with Crippen LogP contribution in [-0.2, 0) is 6.42 Å². The highest BCUT2D eigenvalue weighted by atomic mass is 32.1. The number of rotatable bonds is 0. The third-order valence-corrected chi connectivity index (χ3v) is 2.04. The molecule has 0 spiro atoms. The quantitative estimate of drug-likeness (QED) is 0.537. The van der Waals surface area contributed by atoms with Gasteiger partial charge in [0.05, 0.1) is 0 Å². The Bertz CT molecular complexity index is 287. The van der Waals surface area contributed by atoms with Gasteiger partial charge in [0.1, 0.15) is 0 Å². The molecular weight excluding hydrogens is 140 g/mol. The first-order chi connectivity index (χ1) is 4.86. The second-order valence-corrected chi connectivity index (χ2v) is 3.09. The molecule has 0 bridgehead atoms. The molecule has 0 nitrogen and oxygen atoms in total. The molecule has 2 rings (SSSR count). The third-order valence-electron chi connectivity index (χ3n) is 1.75. The molecule has 1 heteroatoms. The van der Waals surface area contributed by atoms with Crippen molar-refractivity contribution in [3.05, 3.63) is 40.3 Å². The molecule has 1 aliphatic rings. The van der Waals surface area contributed by atoms with Gasteiger partial charge in [0.25, 0.3) is 0 Å². The number of allylic oxidation sites excluding steroid dienone is 1. The molecule has 0 saturated heterocycles. The molecule has 0 N–H and O–H groups in total. The van der Waals surface area contributed by atoms with Gasteiger partial charge in [-0.05, 0) is 22.1 Å². The van der Waals surface area contributed by atoms with Crippen molar-refractivity contribution < 1.29 is 0 Å². The molecule has 0 atom stereocenters. The Hall–Kier alpha value is -0.690. The molecule has 0 saturated carbocycles. The van der Waals surface area contributed by atoms with Crippen molar-refractivity contribution >= 4 is 18.7 Å². The van der Waals surface area contributed by atoms with Crippen molar-refractivity contribution in [2.24, 2.45) is 0 Å². The van der Waals surface area contributed by atoms with Crippen molar-refractivity contribution in [1.29, 1.82) is 0 Å². The lowest BCUT2D eigenvalue weighted by Gasteiger charge is -1.93. The first-order valence-electron chi connectivity index (χ1n) is 3.34. The summed E-state index contributed by atoms with van der Waals surface area (Å²) < 4.78 is 0. The van der Waals surface area contributed by atoms with Crippen molar-refractivity contribution in [2.75, 3.05) is 0 Å². The minimum Gasteiger partial charge on any atom is -0.148 e. The fraction of sp³-hybridized carbons (Fsp3) is 0.111. The van der Waals surface area contributed by atoms with Crippen LogP contribution in [0.4, 0.5) is 0 Å². The zero-order valence-corrected chi connectivity index (χ0v) is 6.44. The van der Waals surface area contributed by atoms with Crippen LogP contribution < -0.4 is 0 Å². The molecule has 1 aromatic carbocycles. The van der Waals surface area contributed by atoms with E-state index < -0.39 is 0 Å². The molecular formula is C9H8S. The van der Waals surface area contributed by atoms with Gasteiger partial charge < -0.3 is 0 Å². The lowest BCUT2D eigenvalue weighted by Crippen LogP contribution is -1.78. The zero-order valence-electron chi connectivity index (χ0n) is 5.54. The summed E-state index contributed by atoms with van der Waals surface area (Å²) in [5.74, 6) is 0. The number of fused-ring (bicyclic) bond motifs is 1. The lowest BCUT2D eigenvalue weighted by molar-refractivity contribution is 1.29. The van der Waals surface area contributed by atoms with E-state index >= 15 is 0 Å². The minimum atomic E-state index is 1.01. The van der Waals surface area contributed by atoms with Crippen LogP contribution in [0.5, 0.6) is 0 Å². The van der Waals surface area contributed by atoms with Crippen LogP contribution >= 0.6 is 12.6 Å². The summed E-state index contributed by atoms with van der Waals surface area (Å²) in [5, 5.41) is 0. The molecule has 0 heterocycles. The van der Waals surface area contributed by atoms with Gasteiger partial charge in [-0.2, -0.15) is 0 Å². The van der Waals surface area contributed by atoms with E-state index in [-0.39, 0.29) is 0 Å². The maximum absolute atomic E-state index is 4.30. The highest BCUT2D eigenvalue weighted by Crippen LogP contribution is 2.25. The first-order valence-corrected chi connectivity index (χ1v) is 3.78. The van der Waals surface area contributed by atoms with Crippen LogP contribution in [0.25, 0.3) is 6.08 Å². The highest BCUT2D eigenvalue weighted by molar-refractivity contribution is 7.84. The van der Waals surface area contributed by atoms with Crippen LogP contribution in [0.15, 0.2) is 29.2 Å². The predicted octanol–water partition coefficient (Wildman–Crippen LogP) is 2.51. The van der Waals surface area contributed by atoms with Gasteiger partial charge in [-0.3, -0.25) is 0 Å². The van der Waals surface area contributed by atoms with E-state index in [4.69, 9.17) is 0 Å². The molecule has 1 aliphatic carbocycles. The zero-order chi connectivity index (χ0) is 6.97. The fourth-order valence-electron chi connectivity index (χ4n) is 1.26. The molecule has 0 radical (unpaired) electrons. The van der Waals surface area contributed by atoms with Gasteiger partial charge in [0.2, 0.25) is 0 Å². The number of hydrogen-bond donors (Lipinski definition) is 1. The number of thiol groups is 1. The van der Waals surface area contributed by atoms with E-state index in [2.05, 4.69) is 43.0 Å². The van der Waals surface area contributed by atoms with E-state index in [1.807, 2.05) is 0 Å². The van der Waals surface area contributed by atoms with Gasteiger partial charge in [-0.15, -0.1) is 12.6 Å². The average molecular weight is 148 g/mol. The van der Waals surface area contributed by atoms with Crippen molar-refractivity contribution in [3.63, 3.8) is 0 Å². The minimum absolute atomic E-state index is 1.01. The topological polar surface area (TPSA) is 0 Å². The van der Waals surface area contributed by atoms with E-state index in [0.717, 1.165) is 6.42 Å². The second-order valence-electron chi connectivity index (χ2n) is 2.51.